The standard InChI is InChI=1S/C13H21N3O2/c1-10(2)16(3)8-4-6-15-13(18)11-5-7-14-12(17)9-11/h5,7,9-10H,4,6,8H2,1-3H3,(H,14,17)(H,15,18). The summed E-state index contributed by atoms with van der Waals surface area (Å²) in [6.45, 7) is 5.82. The van der Waals surface area contributed by atoms with Gasteiger partial charge in [0.2, 0.25) is 5.56 Å². The Morgan fingerprint density at radius 3 is 2.83 bits per heavy atom. The second kappa shape index (κ2) is 6.96. The van der Waals surface area contributed by atoms with Crippen LogP contribution in [0.15, 0.2) is 23.1 Å². The van der Waals surface area contributed by atoms with Crippen molar-refractivity contribution in [2.24, 2.45) is 0 Å². The lowest BCUT2D eigenvalue weighted by atomic mass is 10.2. The molecular weight excluding hydrogens is 230 g/mol. The molecule has 0 saturated carbocycles. The van der Waals surface area contributed by atoms with Gasteiger partial charge in [0.25, 0.3) is 5.91 Å². The maximum absolute atomic E-state index is 11.7. The van der Waals surface area contributed by atoms with Crippen LogP contribution in [0.1, 0.15) is 30.6 Å². The van der Waals surface area contributed by atoms with E-state index in [4.69, 9.17) is 0 Å². The van der Waals surface area contributed by atoms with Crippen molar-refractivity contribution >= 4 is 5.91 Å². The molecule has 5 nitrogen and oxygen atoms in total. The first-order valence-corrected chi connectivity index (χ1v) is 6.18. The molecule has 0 aliphatic carbocycles. The molecule has 0 saturated heterocycles. The zero-order valence-electron chi connectivity index (χ0n) is 11.2. The van der Waals surface area contributed by atoms with Crippen LogP contribution in [-0.4, -0.2) is 42.0 Å². The summed E-state index contributed by atoms with van der Waals surface area (Å²) >= 11 is 0. The Kier molecular flexibility index (Phi) is 5.58. The van der Waals surface area contributed by atoms with Crippen LogP contribution in [-0.2, 0) is 0 Å². The van der Waals surface area contributed by atoms with E-state index in [2.05, 4.69) is 36.1 Å². The largest absolute Gasteiger partial charge is 0.352 e. The van der Waals surface area contributed by atoms with Crippen LogP contribution in [0.25, 0.3) is 0 Å². The minimum atomic E-state index is -0.262. The fourth-order valence-electron chi connectivity index (χ4n) is 1.48. The molecule has 2 N–H and O–H groups in total. The highest BCUT2D eigenvalue weighted by molar-refractivity contribution is 5.93. The van der Waals surface area contributed by atoms with Gasteiger partial charge >= 0.3 is 0 Å². The highest BCUT2D eigenvalue weighted by atomic mass is 16.2. The van der Waals surface area contributed by atoms with E-state index in [1.54, 1.807) is 6.07 Å². The molecule has 1 aromatic heterocycles. The van der Waals surface area contributed by atoms with E-state index in [-0.39, 0.29) is 11.5 Å². The SMILES string of the molecule is CC(C)N(C)CCCNC(=O)c1cc[nH]c(=O)c1. The molecule has 1 heterocycles. The number of pyridine rings is 1. The molecule has 1 amide bonds. The zero-order chi connectivity index (χ0) is 13.5. The van der Waals surface area contributed by atoms with Crippen LogP contribution in [0.4, 0.5) is 0 Å². The third-order valence-corrected chi connectivity index (χ3v) is 2.89. The summed E-state index contributed by atoms with van der Waals surface area (Å²) in [7, 11) is 2.06. The summed E-state index contributed by atoms with van der Waals surface area (Å²) in [5, 5.41) is 2.80. The Balaban J connectivity index is 2.32. The molecule has 0 atom stereocenters. The van der Waals surface area contributed by atoms with E-state index in [9.17, 15) is 9.59 Å². The fraction of sp³-hybridized carbons (Fsp3) is 0.538. The molecule has 0 fully saturated rings. The average Bonchev–Trinajstić information content (AvgIpc) is 2.33. The van der Waals surface area contributed by atoms with Crippen LogP contribution in [0.2, 0.25) is 0 Å². The smallest absolute Gasteiger partial charge is 0.251 e. The summed E-state index contributed by atoms with van der Waals surface area (Å²) < 4.78 is 0. The highest BCUT2D eigenvalue weighted by Gasteiger charge is 2.06. The first kappa shape index (κ1) is 14.4. The van der Waals surface area contributed by atoms with Gasteiger partial charge in [0.1, 0.15) is 0 Å². The lowest BCUT2D eigenvalue weighted by molar-refractivity contribution is 0.0951. The Morgan fingerprint density at radius 1 is 1.50 bits per heavy atom. The lowest BCUT2D eigenvalue weighted by Gasteiger charge is -2.20. The number of carbonyl (C=O) groups excluding carboxylic acids is 1. The molecule has 0 unspecified atom stereocenters. The summed E-state index contributed by atoms with van der Waals surface area (Å²) in [5.41, 5.74) is 0.137. The van der Waals surface area contributed by atoms with Crippen molar-refractivity contribution in [2.75, 3.05) is 20.1 Å². The van der Waals surface area contributed by atoms with Crippen molar-refractivity contribution in [1.82, 2.24) is 15.2 Å². The van der Waals surface area contributed by atoms with Gasteiger partial charge in [-0.1, -0.05) is 0 Å². The number of aromatic nitrogens is 1. The summed E-state index contributed by atoms with van der Waals surface area (Å²) in [6, 6.07) is 3.40. The van der Waals surface area contributed by atoms with Crippen LogP contribution >= 0.6 is 0 Å². The van der Waals surface area contributed by atoms with E-state index in [1.165, 1.54) is 12.3 Å². The van der Waals surface area contributed by atoms with Gasteiger partial charge in [-0.05, 0) is 39.9 Å². The third kappa shape index (κ3) is 4.71. The van der Waals surface area contributed by atoms with Gasteiger partial charge in [-0.25, -0.2) is 0 Å². The van der Waals surface area contributed by atoms with Crippen molar-refractivity contribution < 1.29 is 4.79 Å². The van der Waals surface area contributed by atoms with Gasteiger partial charge in [-0.15, -0.1) is 0 Å². The lowest BCUT2D eigenvalue weighted by Crippen LogP contribution is -2.31. The first-order valence-electron chi connectivity index (χ1n) is 6.18. The van der Waals surface area contributed by atoms with Gasteiger partial charge in [0.05, 0.1) is 0 Å². The molecule has 100 valence electrons. The van der Waals surface area contributed by atoms with Gasteiger partial charge in [-0.2, -0.15) is 0 Å². The Bertz CT molecular complexity index is 440. The van der Waals surface area contributed by atoms with E-state index >= 15 is 0 Å². The summed E-state index contributed by atoms with van der Waals surface area (Å²) in [6.07, 6.45) is 2.37. The maximum atomic E-state index is 11.7. The van der Waals surface area contributed by atoms with Crippen molar-refractivity contribution in [1.29, 1.82) is 0 Å². The van der Waals surface area contributed by atoms with Gasteiger partial charge < -0.3 is 15.2 Å². The minimum absolute atomic E-state index is 0.201. The Morgan fingerprint density at radius 2 is 2.22 bits per heavy atom. The molecular formula is C13H21N3O2. The minimum Gasteiger partial charge on any atom is -0.352 e. The predicted octanol–water partition coefficient (Wildman–Crippen LogP) is 0.835. The van der Waals surface area contributed by atoms with E-state index in [0.717, 1.165) is 13.0 Å². The first-order chi connectivity index (χ1) is 8.50. The number of amides is 1. The zero-order valence-corrected chi connectivity index (χ0v) is 11.2. The molecule has 0 spiro atoms. The number of nitrogens with one attached hydrogen (secondary N) is 2. The second-order valence-electron chi connectivity index (χ2n) is 4.63. The third-order valence-electron chi connectivity index (χ3n) is 2.89. The molecule has 0 radical (unpaired) electrons. The summed E-state index contributed by atoms with van der Waals surface area (Å²) in [5.74, 6) is -0.201. The number of carbonyl (C=O) groups is 1. The maximum Gasteiger partial charge on any atom is 0.251 e. The van der Waals surface area contributed by atoms with Gasteiger partial charge in [0.15, 0.2) is 0 Å². The van der Waals surface area contributed by atoms with Crippen molar-refractivity contribution in [3.63, 3.8) is 0 Å². The number of H-pyrrole nitrogens is 1. The second-order valence-corrected chi connectivity index (χ2v) is 4.63. The quantitative estimate of drug-likeness (QED) is 0.736. The van der Waals surface area contributed by atoms with Crippen LogP contribution in [0.3, 0.4) is 0 Å². The average molecular weight is 251 g/mol. The van der Waals surface area contributed by atoms with E-state index in [1.807, 2.05) is 0 Å². The number of rotatable bonds is 6. The van der Waals surface area contributed by atoms with Crippen molar-refractivity contribution in [2.45, 2.75) is 26.3 Å². The molecule has 1 aromatic rings. The predicted molar refractivity (Wildman–Crippen MR) is 71.8 cm³/mol. The number of nitrogens with zero attached hydrogens (tertiary/aromatic N) is 1. The molecule has 0 aliphatic heterocycles. The molecule has 18 heavy (non-hydrogen) atoms. The molecule has 0 bridgehead atoms. The number of hydrogen-bond acceptors (Lipinski definition) is 3. The molecule has 1 rings (SSSR count). The molecule has 0 aliphatic rings. The fourth-order valence-corrected chi connectivity index (χ4v) is 1.48. The monoisotopic (exact) mass is 251 g/mol. The summed E-state index contributed by atoms with van der Waals surface area (Å²) in [4.78, 5) is 27.4. The van der Waals surface area contributed by atoms with Gasteiger partial charge in [0, 0.05) is 30.4 Å². The molecule has 0 aromatic carbocycles. The molecule has 5 heteroatoms. The topological polar surface area (TPSA) is 65.2 Å². The van der Waals surface area contributed by atoms with Gasteiger partial charge in [-0.3, -0.25) is 9.59 Å². The van der Waals surface area contributed by atoms with Crippen molar-refractivity contribution in [3.05, 3.63) is 34.2 Å². The highest BCUT2D eigenvalue weighted by Crippen LogP contribution is 1.96. The Labute approximate surface area is 107 Å². The van der Waals surface area contributed by atoms with Crippen LogP contribution < -0.4 is 10.9 Å². The van der Waals surface area contributed by atoms with E-state index < -0.39 is 0 Å². The van der Waals surface area contributed by atoms with Crippen LogP contribution in [0.5, 0.6) is 0 Å². The van der Waals surface area contributed by atoms with E-state index in [0.29, 0.717) is 18.2 Å². The number of hydrogen-bond donors (Lipinski definition) is 2. The number of aromatic amines is 1. The normalized spacial score (nSPS) is 10.9. The Hall–Kier alpha value is -1.62. The van der Waals surface area contributed by atoms with Crippen molar-refractivity contribution in [3.8, 4) is 0 Å². The van der Waals surface area contributed by atoms with Crippen LogP contribution in [0, 0.1) is 0 Å².